The topological polar surface area (TPSA) is 73.8 Å². The van der Waals surface area contributed by atoms with Crippen LogP contribution in [0, 0.1) is 6.92 Å². The van der Waals surface area contributed by atoms with Gasteiger partial charge in [0.1, 0.15) is 6.54 Å². The molecule has 0 aliphatic carbocycles. The number of carbonyl (C=O) groups is 2. The summed E-state index contributed by atoms with van der Waals surface area (Å²) < 4.78 is 0. The number of anilines is 2. The van der Waals surface area contributed by atoms with Crippen LogP contribution in [0.25, 0.3) is 0 Å². The molecule has 0 radical (unpaired) electrons. The minimum atomic E-state index is -0.382. The third-order valence-corrected chi connectivity index (χ3v) is 4.18. The second-order valence-electron chi connectivity index (χ2n) is 6.57. The van der Waals surface area contributed by atoms with Crippen molar-refractivity contribution in [3.05, 3.63) is 59.7 Å². The fourth-order valence-electron chi connectivity index (χ4n) is 2.59. The SMILES string of the molecule is Cc1ccc(N2NC(C(=O)Nc3ccc(C(C)C)cc3)=NCC2=O)cc1. The van der Waals surface area contributed by atoms with Crippen molar-refractivity contribution in [3.63, 3.8) is 0 Å². The summed E-state index contributed by atoms with van der Waals surface area (Å²) in [6.45, 7) is 6.13. The van der Waals surface area contributed by atoms with Gasteiger partial charge in [0.05, 0.1) is 5.69 Å². The first-order valence-corrected chi connectivity index (χ1v) is 8.56. The van der Waals surface area contributed by atoms with Gasteiger partial charge in [0, 0.05) is 5.69 Å². The van der Waals surface area contributed by atoms with Gasteiger partial charge in [-0.3, -0.25) is 20.0 Å². The van der Waals surface area contributed by atoms with E-state index in [0.29, 0.717) is 17.3 Å². The van der Waals surface area contributed by atoms with Gasteiger partial charge in [-0.1, -0.05) is 43.7 Å². The summed E-state index contributed by atoms with van der Waals surface area (Å²) in [5.74, 6) is -0.0603. The summed E-state index contributed by atoms with van der Waals surface area (Å²) in [6.07, 6.45) is 0. The lowest BCUT2D eigenvalue weighted by Crippen LogP contribution is -2.54. The van der Waals surface area contributed by atoms with Crippen molar-refractivity contribution in [2.45, 2.75) is 26.7 Å². The number of amides is 2. The van der Waals surface area contributed by atoms with Crippen molar-refractivity contribution >= 4 is 29.0 Å². The number of nitrogens with one attached hydrogen (secondary N) is 2. The van der Waals surface area contributed by atoms with E-state index in [4.69, 9.17) is 0 Å². The zero-order valence-corrected chi connectivity index (χ0v) is 15.1. The molecule has 0 atom stereocenters. The smallest absolute Gasteiger partial charge is 0.292 e. The van der Waals surface area contributed by atoms with E-state index >= 15 is 0 Å². The fraction of sp³-hybridized carbons (Fsp3) is 0.250. The van der Waals surface area contributed by atoms with E-state index < -0.39 is 0 Å². The van der Waals surface area contributed by atoms with E-state index in [1.54, 1.807) is 0 Å². The number of benzene rings is 2. The molecule has 3 rings (SSSR count). The van der Waals surface area contributed by atoms with Crippen LogP contribution in [0.15, 0.2) is 53.5 Å². The van der Waals surface area contributed by atoms with Gasteiger partial charge in [0.25, 0.3) is 11.8 Å². The van der Waals surface area contributed by atoms with Crippen LogP contribution in [0.4, 0.5) is 11.4 Å². The molecule has 1 aliphatic rings. The van der Waals surface area contributed by atoms with Crippen LogP contribution in [0.2, 0.25) is 0 Å². The Morgan fingerprint density at radius 3 is 2.38 bits per heavy atom. The maximum atomic E-state index is 12.5. The lowest BCUT2D eigenvalue weighted by Gasteiger charge is -2.27. The molecule has 2 amide bonds. The number of aliphatic imine (C=N–C) groups is 1. The molecule has 0 aromatic heterocycles. The molecule has 0 saturated carbocycles. The monoisotopic (exact) mass is 350 g/mol. The van der Waals surface area contributed by atoms with Crippen LogP contribution in [0.1, 0.15) is 30.9 Å². The first-order chi connectivity index (χ1) is 12.4. The Labute approximate surface area is 152 Å². The van der Waals surface area contributed by atoms with E-state index in [1.165, 1.54) is 10.6 Å². The molecule has 6 nitrogen and oxygen atoms in total. The van der Waals surface area contributed by atoms with Gasteiger partial charge < -0.3 is 5.32 Å². The van der Waals surface area contributed by atoms with Gasteiger partial charge in [-0.05, 0) is 42.7 Å². The van der Waals surface area contributed by atoms with Gasteiger partial charge in [-0.2, -0.15) is 0 Å². The third kappa shape index (κ3) is 3.91. The van der Waals surface area contributed by atoms with Gasteiger partial charge in [-0.25, -0.2) is 5.01 Å². The molecule has 0 fully saturated rings. The summed E-state index contributed by atoms with van der Waals surface area (Å²) in [5.41, 5.74) is 6.46. The first-order valence-electron chi connectivity index (χ1n) is 8.56. The van der Waals surface area contributed by atoms with Crippen LogP contribution in [-0.4, -0.2) is 24.2 Å². The highest BCUT2D eigenvalue weighted by Crippen LogP contribution is 2.18. The molecule has 1 heterocycles. The van der Waals surface area contributed by atoms with Gasteiger partial charge in [0.2, 0.25) is 5.84 Å². The van der Waals surface area contributed by atoms with Gasteiger partial charge in [0.15, 0.2) is 0 Å². The number of amidine groups is 1. The highest BCUT2D eigenvalue weighted by Gasteiger charge is 2.25. The standard InChI is InChI=1S/C20H22N4O2/c1-13(2)15-6-8-16(9-7-15)22-20(26)19-21-12-18(25)24(23-19)17-10-4-14(3)5-11-17/h4-11,13H,12H2,1-3H3,(H,21,23)(H,22,26). The minimum Gasteiger partial charge on any atom is -0.319 e. The van der Waals surface area contributed by atoms with Crippen LogP contribution >= 0.6 is 0 Å². The summed E-state index contributed by atoms with van der Waals surface area (Å²) in [5, 5.41) is 4.15. The number of nitrogens with zero attached hydrogens (tertiary/aromatic N) is 2. The van der Waals surface area contributed by atoms with Crippen molar-refractivity contribution in [2.24, 2.45) is 4.99 Å². The molecule has 1 aliphatic heterocycles. The number of hydrogen-bond acceptors (Lipinski definition) is 4. The molecule has 6 heteroatoms. The van der Waals surface area contributed by atoms with E-state index in [0.717, 1.165) is 5.56 Å². The molecule has 2 aromatic rings. The fourth-order valence-corrected chi connectivity index (χ4v) is 2.59. The molecule has 0 spiro atoms. The highest BCUT2D eigenvalue weighted by atomic mass is 16.2. The molecule has 0 bridgehead atoms. The Morgan fingerprint density at radius 1 is 1.12 bits per heavy atom. The van der Waals surface area contributed by atoms with E-state index in [9.17, 15) is 9.59 Å². The molecule has 2 N–H and O–H groups in total. The molecule has 2 aromatic carbocycles. The van der Waals surface area contributed by atoms with Crippen molar-refractivity contribution in [1.29, 1.82) is 0 Å². The summed E-state index contributed by atoms with van der Waals surface area (Å²) in [4.78, 5) is 28.7. The minimum absolute atomic E-state index is 0.0735. The normalized spacial score (nSPS) is 14.1. The predicted molar refractivity (Wildman–Crippen MR) is 103 cm³/mol. The Balaban J connectivity index is 1.71. The Hall–Kier alpha value is -3.15. The number of hydrazine groups is 1. The highest BCUT2D eigenvalue weighted by molar-refractivity contribution is 6.43. The predicted octanol–water partition coefficient (Wildman–Crippen LogP) is 3.01. The number of carbonyl (C=O) groups excluding carboxylic acids is 2. The summed E-state index contributed by atoms with van der Waals surface area (Å²) in [6, 6.07) is 15.2. The summed E-state index contributed by atoms with van der Waals surface area (Å²) >= 11 is 0. The third-order valence-electron chi connectivity index (χ3n) is 4.18. The van der Waals surface area contributed by atoms with Crippen molar-refractivity contribution in [3.8, 4) is 0 Å². The molecule has 134 valence electrons. The molecule has 0 saturated heterocycles. The quantitative estimate of drug-likeness (QED) is 0.890. The Morgan fingerprint density at radius 2 is 1.77 bits per heavy atom. The number of hydrogen-bond donors (Lipinski definition) is 2. The molecular formula is C20H22N4O2. The molecule has 26 heavy (non-hydrogen) atoms. The lowest BCUT2D eigenvalue weighted by molar-refractivity contribution is -0.118. The average molecular weight is 350 g/mol. The average Bonchev–Trinajstić information content (AvgIpc) is 2.63. The number of rotatable bonds is 4. The maximum Gasteiger partial charge on any atom is 0.292 e. The van der Waals surface area contributed by atoms with Crippen LogP contribution in [-0.2, 0) is 9.59 Å². The summed E-state index contributed by atoms with van der Waals surface area (Å²) in [7, 11) is 0. The van der Waals surface area contributed by atoms with Crippen LogP contribution in [0.5, 0.6) is 0 Å². The van der Waals surface area contributed by atoms with E-state index in [-0.39, 0.29) is 24.2 Å². The zero-order valence-electron chi connectivity index (χ0n) is 15.1. The Kier molecular flexibility index (Phi) is 5.02. The van der Waals surface area contributed by atoms with E-state index in [1.807, 2.05) is 55.5 Å². The van der Waals surface area contributed by atoms with Crippen molar-refractivity contribution in [2.75, 3.05) is 16.9 Å². The lowest BCUT2D eigenvalue weighted by atomic mass is 10.0. The largest absolute Gasteiger partial charge is 0.319 e. The van der Waals surface area contributed by atoms with Crippen LogP contribution < -0.4 is 15.8 Å². The van der Waals surface area contributed by atoms with Crippen LogP contribution in [0.3, 0.4) is 0 Å². The van der Waals surface area contributed by atoms with Gasteiger partial charge >= 0.3 is 0 Å². The second kappa shape index (κ2) is 7.39. The molecular weight excluding hydrogens is 328 g/mol. The number of aryl methyl sites for hydroxylation is 1. The van der Waals surface area contributed by atoms with E-state index in [2.05, 4.69) is 29.6 Å². The van der Waals surface area contributed by atoms with Crippen molar-refractivity contribution < 1.29 is 9.59 Å². The zero-order chi connectivity index (χ0) is 18.7. The van der Waals surface area contributed by atoms with Crippen molar-refractivity contribution in [1.82, 2.24) is 5.43 Å². The maximum absolute atomic E-state index is 12.5. The second-order valence-corrected chi connectivity index (χ2v) is 6.57. The Bertz CT molecular complexity index is 839. The molecule has 0 unspecified atom stereocenters. The first kappa shape index (κ1) is 17.7. The van der Waals surface area contributed by atoms with Gasteiger partial charge in [-0.15, -0.1) is 0 Å².